The SMILES string of the molecule is CC(C)CCC[C@@H](C)[C@H]1CC[C@H]2[C@@H]3CC=C4C=C(O)C[C@H](O)[C@]4(C)[C@H]3CC[C@]12C. The van der Waals surface area contributed by atoms with Crippen LogP contribution in [0.4, 0.5) is 0 Å². The minimum absolute atomic E-state index is 0.169. The van der Waals surface area contributed by atoms with E-state index in [2.05, 4.69) is 40.7 Å². The van der Waals surface area contributed by atoms with Gasteiger partial charge in [0.1, 0.15) is 0 Å². The second kappa shape index (κ2) is 7.74. The Balaban J connectivity index is 1.53. The molecule has 0 spiro atoms. The summed E-state index contributed by atoms with van der Waals surface area (Å²) < 4.78 is 0. The number of rotatable bonds is 5. The molecule has 2 heteroatoms. The fourth-order valence-corrected chi connectivity index (χ4v) is 8.38. The van der Waals surface area contributed by atoms with Gasteiger partial charge in [-0.15, -0.1) is 0 Å². The number of aliphatic hydroxyl groups is 2. The monoisotopic (exact) mass is 400 g/mol. The maximum atomic E-state index is 11.0. The van der Waals surface area contributed by atoms with E-state index >= 15 is 0 Å². The van der Waals surface area contributed by atoms with E-state index in [9.17, 15) is 10.2 Å². The first-order valence-corrected chi connectivity index (χ1v) is 12.5. The average molecular weight is 401 g/mol. The number of allylic oxidation sites excluding steroid dienone is 2. The van der Waals surface area contributed by atoms with Crippen LogP contribution in [0.5, 0.6) is 0 Å². The first kappa shape index (κ1) is 21.5. The Morgan fingerprint density at radius 1 is 1.07 bits per heavy atom. The van der Waals surface area contributed by atoms with E-state index in [1.165, 1.54) is 50.5 Å². The lowest BCUT2D eigenvalue weighted by atomic mass is 9.47. The van der Waals surface area contributed by atoms with Crippen LogP contribution in [-0.2, 0) is 0 Å². The first-order chi connectivity index (χ1) is 13.7. The van der Waals surface area contributed by atoms with Gasteiger partial charge in [0.05, 0.1) is 11.9 Å². The number of hydrogen-bond acceptors (Lipinski definition) is 2. The van der Waals surface area contributed by atoms with Crippen LogP contribution in [0.15, 0.2) is 23.5 Å². The molecule has 0 aliphatic heterocycles. The third-order valence-corrected chi connectivity index (χ3v) is 10.1. The molecule has 0 unspecified atom stereocenters. The number of fused-ring (bicyclic) bond motifs is 5. The summed E-state index contributed by atoms with van der Waals surface area (Å²) in [5, 5.41) is 21.1. The molecule has 2 fully saturated rings. The van der Waals surface area contributed by atoms with E-state index in [1.807, 2.05) is 6.08 Å². The van der Waals surface area contributed by atoms with Crippen LogP contribution >= 0.6 is 0 Å². The first-order valence-electron chi connectivity index (χ1n) is 12.5. The van der Waals surface area contributed by atoms with E-state index < -0.39 is 6.10 Å². The molecule has 0 bridgehead atoms. The Kier molecular flexibility index (Phi) is 5.73. The van der Waals surface area contributed by atoms with Crippen molar-refractivity contribution in [3.8, 4) is 0 Å². The Labute approximate surface area is 178 Å². The molecule has 4 aliphatic rings. The average Bonchev–Trinajstić information content (AvgIpc) is 3.00. The Morgan fingerprint density at radius 3 is 2.55 bits per heavy atom. The fraction of sp³-hybridized carbons (Fsp3) is 0.852. The molecule has 8 atom stereocenters. The van der Waals surface area contributed by atoms with Crippen molar-refractivity contribution in [1.82, 2.24) is 0 Å². The summed E-state index contributed by atoms with van der Waals surface area (Å²) >= 11 is 0. The van der Waals surface area contributed by atoms with Crippen molar-refractivity contribution in [2.24, 2.45) is 46.3 Å². The minimum Gasteiger partial charge on any atom is -0.512 e. The third-order valence-electron chi connectivity index (χ3n) is 10.1. The molecule has 0 aromatic carbocycles. The van der Waals surface area contributed by atoms with Crippen LogP contribution in [0.1, 0.15) is 92.4 Å². The summed E-state index contributed by atoms with van der Waals surface area (Å²) in [4.78, 5) is 0. The number of aliphatic hydroxyl groups excluding tert-OH is 2. The summed E-state index contributed by atoms with van der Waals surface area (Å²) in [6, 6.07) is 0. The maximum Gasteiger partial charge on any atom is 0.0951 e. The minimum atomic E-state index is -0.442. The van der Waals surface area contributed by atoms with Crippen molar-refractivity contribution in [2.45, 2.75) is 98.5 Å². The van der Waals surface area contributed by atoms with Crippen molar-refractivity contribution in [3.63, 3.8) is 0 Å². The molecule has 0 saturated heterocycles. The van der Waals surface area contributed by atoms with E-state index in [0.29, 0.717) is 29.4 Å². The van der Waals surface area contributed by atoms with E-state index in [4.69, 9.17) is 0 Å². The summed E-state index contributed by atoms with van der Waals surface area (Å²) in [5.74, 6) is 4.97. The molecule has 0 radical (unpaired) electrons. The summed E-state index contributed by atoms with van der Waals surface area (Å²) in [6.45, 7) is 12.1. The van der Waals surface area contributed by atoms with E-state index in [0.717, 1.165) is 30.1 Å². The summed E-state index contributed by atoms with van der Waals surface area (Å²) in [5.41, 5.74) is 1.52. The van der Waals surface area contributed by atoms with Gasteiger partial charge in [0.25, 0.3) is 0 Å². The van der Waals surface area contributed by atoms with Gasteiger partial charge in [-0.05, 0) is 84.7 Å². The van der Waals surface area contributed by atoms with Crippen molar-refractivity contribution < 1.29 is 10.2 Å². The molecule has 4 aliphatic carbocycles. The van der Waals surface area contributed by atoms with Gasteiger partial charge < -0.3 is 10.2 Å². The van der Waals surface area contributed by atoms with Gasteiger partial charge in [-0.3, -0.25) is 0 Å². The molecule has 2 nitrogen and oxygen atoms in total. The zero-order valence-corrected chi connectivity index (χ0v) is 19.5. The molecule has 0 aromatic heterocycles. The largest absolute Gasteiger partial charge is 0.512 e. The van der Waals surface area contributed by atoms with Crippen LogP contribution < -0.4 is 0 Å². The Bertz CT molecular complexity index is 676. The molecule has 2 saturated carbocycles. The highest BCUT2D eigenvalue weighted by Crippen LogP contribution is 2.67. The highest BCUT2D eigenvalue weighted by atomic mass is 16.3. The van der Waals surface area contributed by atoms with Crippen LogP contribution in [-0.4, -0.2) is 16.3 Å². The maximum absolute atomic E-state index is 11.0. The summed E-state index contributed by atoms with van der Waals surface area (Å²) in [7, 11) is 0. The highest BCUT2D eigenvalue weighted by molar-refractivity contribution is 5.37. The van der Waals surface area contributed by atoms with Crippen LogP contribution in [0.3, 0.4) is 0 Å². The fourth-order valence-electron chi connectivity index (χ4n) is 8.38. The van der Waals surface area contributed by atoms with Crippen molar-refractivity contribution in [1.29, 1.82) is 0 Å². The predicted octanol–water partition coefficient (Wildman–Crippen LogP) is 7.05. The highest BCUT2D eigenvalue weighted by Gasteiger charge is 2.60. The lowest BCUT2D eigenvalue weighted by molar-refractivity contribution is -0.0858. The Hall–Kier alpha value is -0.760. The molecule has 0 aromatic rings. The quantitative estimate of drug-likeness (QED) is 0.519. The van der Waals surface area contributed by atoms with Crippen LogP contribution in [0.2, 0.25) is 0 Å². The second-order valence-electron chi connectivity index (χ2n) is 11.9. The van der Waals surface area contributed by atoms with Crippen LogP contribution in [0, 0.1) is 46.3 Å². The van der Waals surface area contributed by atoms with Crippen molar-refractivity contribution in [2.75, 3.05) is 0 Å². The molecule has 164 valence electrons. The van der Waals surface area contributed by atoms with Gasteiger partial charge in [0.15, 0.2) is 0 Å². The van der Waals surface area contributed by atoms with Crippen LogP contribution in [0.25, 0.3) is 0 Å². The number of hydrogen-bond donors (Lipinski definition) is 2. The van der Waals surface area contributed by atoms with Gasteiger partial charge in [-0.1, -0.05) is 60.0 Å². The van der Waals surface area contributed by atoms with Crippen molar-refractivity contribution in [3.05, 3.63) is 23.5 Å². The van der Waals surface area contributed by atoms with E-state index in [1.54, 1.807) is 0 Å². The van der Waals surface area contributed by atoms with E-state index in [-0.39, 0.29) is 5.41 Å². The third kappa shape index (κ3) is 3.42. The van der Waals surface area contributed by atoms with Gasteiger partial charge in [-0.25, -0.2) is 0 Å². The second-order valence-corrected chi connectivity index (χ2v) is 11.9. The van der Waals surface area contributed by atoms with Gasteiger partial charge in [-0.2, -0.15) is 0 Å². The normalized spacial score (nSPS) is 45.1. The topological polar surface area (TPSA) is 40.5 Å². The smallest absolute Gasteiger partial charge is 0.0951 e. The zero-order valence-electron chi connectivity index (χ0n) is 19.5. The predicted molar refractivity (Wildman–Crippen MR) is 121 cm³/mol. The lowest BCUT2D eigenvalue weighted by Gasteiger charge is -2.58. The molecule has 0 amide bonds. The van der Waals surface area contributed by atoms with Gasteiger partial charge in [0.2, 0.25) is 0 Å². The van der Waals surface area contributed by atoms with Gasteiger partial charge >= 0.3 is 0 Å². The van der Waals surface area contributed by atoms with Crippen molar-refractivity contribution >= 4 is 0 Å². The Morgan fingerprint density at radius 2 is 1.83 bits per heavy atom. The molecule has 4 rings (SSSR count). The molecular weight excluding hydrogens is 356 g/mol. The van der Waals surface area contributed by atoms with Gasteiger partial charge in [0, 0.05) is 11.8 Å². The lowest BCUT2D eigenvalue weighted by Crippen LogP contribution is -2.53. The molecule has 0 heterocycles. The standard InChI is InChI=1S/C27H44O2/c1-17(2)7-6-8-18(3)22-11-12-23-21-10-9-19-15-20(28)16-25(29)27(19,5)24(21)13-14-26(22,23)4/h9,15,17-18,21-25,28-29H,6-8,10-14,16H2,1-5H3/t18-,21+,22-,23+,24+,25+,26-,27+/m1/s1. The zero-order chi connectivity index (χ0) is 21.0. The molecular formula is C27H44O2. The molecule has 29 heavy (non-hydrogen) atoms. The molecule has 2 N–H and O–H groups in total. The summed E-state index contributed by atoms with van der Waals surface area (Å²) in [6.07, 6.45) is 14.9.